The van der Waals surface area contributed by atoms with Crippen molar-refractivity contribution in [1.29, 1.82) is 0 Å². The van der Waals surface area contributed by atoms with Crippen molar-refractivity contribution < 1.29 is 34.1 Å². The number of benzene rings is 3. The van der Waals surface area contributed by atoms with Crippen LogP contribution in [0.1, 0.15) is 23.6 Å². The van der Waals surface area contributed by atoms with Crippen LogP contribution >= 0.6 is 0 Å². The van der Waals surface area contributed by atoms with Crippen LogP contribution in [0.5, 0.6) is 5.75 Å². The summed E-state index contributed by atoms with van der Waals surface area (Å²) in [6.07, 6.45) is -0.882. The number of carboxylic acids is 1. The van der Waals surface area contributed by atoms with Crippen LogP contribution in [0.25, 0.3) is 0 Å². The van der Waals surface area contributed by atoms with E-state index in [-0.39, 0.29) is 31.8 Å². The zero-order chi connectivity index (χ0) is 26.6. The lowest BCUT2D eigenvalue weighted by Gasteiger charge is -2.32. The number of rotatable bonds is 12. The molecule has 3 rings (SSSR count). The quantitative estimate of drug-likeness (QED) is 0.251. The van der Waals surface area contributed by atoms with Crippen LogP contribution in [0.2, 0.25) is 0 Å². The van der Waals surface area contributed by atoms with Gasteiger partial charge >= 0.3 is 18.0 Å². The molecule has 0 spiro atoms. The van der Waals surface area contributed by atoms with E-state index in [9.17, 15) is 24.6 Å². The highest BCUT2D eigenvalue weighted by atomic mass is 16.6. The van der Waals surface area contributed by atoms with E-state index in [1.54, 1.807) is 67.6 Å². The first kappa shape index (κ1) is 27.2. The van der Waals surface area contributed by atoms with E-state index in [2.05, 4.69) is 5.43 Å². The Labute approximate surface area is 215 Å². The minimum atomic E-state index is -1.29. The molecule has 0 aliphatic carbocycles. The molecule has 0 radical (unpaired) electrons. The Kier molecular flexibility index (Phi) is 10.0. The van der Waals surface area contributed by atoms with Crippen LogP contribution in [0.3, 0.4) is 0 Å². The largest absolute Gasteiger partial charge is 0.508 e. The number of amides is 1. The third-order valence-electron chi connectivity index (χ3n) is 5.51. The van der Waals surface area contributed by atoms with Crippen molar-refractivity contribution in [2.45, 2.75) is 38.5 Å². The first-order valence-electron chi connectivity index (χ1n) is 11.8. The van der Waals surface area contributed by atoms with Gasteiger partial charge in [0.15, 0.2) is 6.04 Å². The Bertz CT molecular complexity index is 1150. The van der Waals surface area contributed by atoms with Gasteiger partial charge in [0, 0.05) is 12.8 Å². The SMILES string of the molecule is CCOC(=O)[C@H](Cc1ccccc1)N(N[C@@H](Cc1ccc(O)cc1)C(=O)O)C(=O)OCc1ccccc1. The fourth-order valence-electron chi connectivity index (χ4n) is 3.64. The molecule has 0 bridgehead atoms. The van der Waals surface area contributed by atoms with Crippen LogP contribution in [0.4, 0.5) is 4.79 Å². The number of carboxylic acid groups (broad SMARTS) is 1. The van der Waals surface area contributed by atoms with E-state index in [4.69, 9.17) is 9.47 Å². The monoisotopic (exact) mass is 506 g/mol. The number of esters is 1. The average molecular weight is 507 g/mol. The summed E-state index contributed by atoms with van der Waals surface area (Å²) < 4.78 is 10.7. The number of aromatic hydroxyl groups is 1. The van der Waals surface area contributed by atoms with Crippen molar-refractivity contribution in [2.75, 3.05) is 6.61 Å². The fourth-order valence-corrected chi connectivity index (χ4v) is 3.64. The molecule has 1 amide bonds. The number of carbonyl (C=O) groups excluding carboxylic acids is 2. The second-order valence-corrected chi connectivity index (χ2v) is 8.26. The van der Waals surface area contributed by atoms with Crippen LogP contribution in [0, 0.1) is 0 Å². The molecule has 0 unspecified atom stereocenters. The van der Waals surface area contributed by atoms with Gasteiger partial charge in [-0.1, -0.05) is 72.8 Å². The molecule has 37 heavy (non-hydrogen) atoms. The van der Waals surface area contributed by atoms with Gasteiger partial charge in [-0.05, 0) is 35.7 Å². The van der Waals surface area contributed by atoms with Crippen LogP contribution in [-0.2, 0) is 38.5 Å². The lowest BCUT2D eigenvalue weighted by molar-refractivity contribution is -0.152. The van der Waals surface area contributed by atoms with Gasteiger partial charge in [-0.2, -0.15) is 0 Å². The van der Waals surface area contributed by atoms with Gasteiger partial charge in [-0.25, -0.2) is 20.0 Å². The van der Waals surface area contributed by atoms with Gasteiger partial charge in [0.05, 0.1) is 6.61 Å². The summed E-state index contributed by atoms with van der Waals surface area (Å²) in [6.45, 7) is 1.65. The van der Waals surface area contributed by atoms with Gasteiger partial charge in [0.25, 0.3) is 0 Å². The molecule has 3 aromatic rings. The Hall–Kier alpha value is -4.37. The standard InChI is InChI=1S/C28H30N2O7/c1-2-36-27(34)25(18-20-9-5-3-6-10-20)30(28(35)37-19-22-11-7-4-8-12-22)29-24(26(32)33)17-21-13-15-23(31)16-14-21/h3-16,24-25,29,31H,2,17-19H2,1H3,(H,32,33)/t24-,25-/m0/s1. The number of hydrogen-bond donors (Lipinski definition) is 3. The molecule has 0 saturated heterocycles. The highest BCUT2D eigenvalue weighted by molar-refractivity contribution is 5.82. The molecule has 2 atom stereocenters. The van der Waals surface area contributed by atoms with Crippen molar-refractivity contribution >= 4 is 18.0 Å². The summed E-state index contributed by atoms with van der Waals surface area (Å²) in [4.78, 5) is 38.5. The Morgan fingerprint density at radius 3 is 1.95 bits per heavy atom. The summed E-state index contributed by atoms with van der Waals surface area (Å²) >= 11 is 0. The van der Waals surface area contributed by atoms with E-state index < -0.39 is 30.1 Å². The number of aliphatic carboxylic acids is 1. The molecule has 0 aliphatic heterocycles. The first-order valence-corrected chi connectivity index (χ1v) is 11.8. The molecule has 0 aromatic heterocycles. The summed E-state index contributed by atoms with van der Waals surface area (Å²) in [5.41, 5.74) is 4.78. The number of hydrogen-bond acceptors (Lipinski definition) is 7. The molecule has 0 saturated carbocycles. The zero-order valence-corrected chi connectivity index (χ0v) is 20.4. The van der Waals surface area contributed by atoms with Crippen LogP contribution < -0.4 is 5.43 Å². The normalized spacial score (nSPS) is 12.2. The maximum Gasteiger partial charge on any atom is 0.425 e. The highest BCUT2D eigenvalue weighted by Gasteiger charge is 2.36. The van der Waals surface area contributed by atoms with E-state index >= 15 is 0 Å². The summed E-state index contributed by atoms with van der Waals surface area (Å²) in [5, 5.41) is 20.4. The molecular weight excluding hydrogens is 476 g/mol. The maximum atomic E-state index is 13.3. The highest BCUT2D eigenvalue weighted by Crippen LogP contribution is 2.16. The van der Waals surface area contributed by atoms with Gasteiger partial charge < -0.3 is 19.7 Å². The second-order valence-electron chi connectivity index (χ2n) is 8.26. The molecule has 3 aromatic carbocycles. The molecule has 0 fully saturated rings. The topological polar surface area (TPSA) is 125 Å². The fraction of sp³-hybridized carbons (Fsp3) is 0.250. The van der Waals surface area contributed by atoms with Crippen molar-refractivity contribution in [3.63, 3.8) is 0 Å². The maximum absolute atomic E-state index is 13.3. The number of phenols is 1. The first-order chi connectivity index (χ1) is 17.9. The molecule has 3 N–H and O–H groups in total. The Morgan fingerprint density at radius 1 is 0.811 bits per heavy atom. The molecule has 9 nitrogen and oxygen atoms in total. The third-order valence-corrected chi connectivity index (χ3v) is 5.51. The Balaban J connectivity index is 1.91. The summed E-state index contributed by atoms with van der Waals surface area (Å²) in [6, 6.07) is 21.6. The summed E-state index contributed by atoms with van der Waals surface area (Å²) in [5.74, 6) is -1.90. The summed E-state index contributed by atoms with van der Waals surface area (Å²) in [7, 11) is 0. The number of carbonyl (C=O) groups is 3. The van der Waals surface area contributed by atoms with Gasteiger partial charge in [0.1, 0.15) is 18.4 Å². The number of hydrazine groups is 1. The van der Waals surface area contributed by atoms with Gasteiger partial charge in [0.2, 0.25) is 0 Å². The predicted molar refractivity (Wildman–Crippen MR) is 135 cm³/mol. The van der Waals surface area contributed by atoms with Crippen molar-refractivity contribution in [1.82, 2.24) is 10.4 Å². The average Bonchev–Trinajstić information content (AvgIpc) is 2.91. The molecular formula is C28H30N2O7. The molecule has 194 valence electrons. The van der Waals surface area contributed by atoms with Crippen LogP contribution in [0.15, 0.2) is 84.9 Å². The zero-order valence-electron chi connectivity index (χ0n) is 20.4. The van der Waals surface area contributed by atoms with E-state index in [1.807, 2.05) is 12.1 Å². The van der Waals surface area contributed by atoms with Gasteiger partial charge in [-0.3, -0.25) is 4.79 Å². The third kappa shape index (κ3) is 8.36. The van der Waals surface area contributed by atoms with Crippen molar-refractivity contribution in [2.24, 2.45) is 0 Å². The minimum Gasteiger partial charge on any atom is -0.508 e. The Morgan fingerprint density at radius 2 is 1.38 bits per heavy atom. The number of phenolic OH excluding ortho intramolecular Hbond substituents is 1. The van der Waals surface area contributed by atoms with Gasteiger partial charge in [-0.15, -0.1) is 0 Å². The van der Waals surface area contributed by atoms with E-state index in [0.717, 1.165) is 16.1 Å². The van der Waals surface area contributed by atoms with Crippen molar-refractivity contribution in [3.8, 4) is 5.75 Å². The lowest BCUT2D eigenvalue weighted by atomic mass is 10.0. The number of nitrogens with one attached hydrogen (secondary N) is 1. The smallest absolute Gasteiger partial charge is 0.425 e. The molecule has 0 heterocycles. The molecule has 9 heteroatoms. The number of nitrogens with zero attached hydrogens (tertiary/aromatic N) is 1. The predicted octanol–water partition coefficient (Wildman–Crippen LogP) is 3.71. The molecule has 0 aliphatic rings. The minimum absolute atomic E-state index is 0.0288. The number of ether oxygens (including phenoxy) is 2. The van der Waals surface area contributed by atoms with Crippen molar-refractivity contribution in [3.05, 3.63) is 102 Å². The van der Waals surface area contributed by atoms with E-state index in [0.29, 0.717) is 5.56 Å². The second kappa shape index (κ2) is 13.6. The van der Waals surface area contributed by atoms with Crippen LogP contribution in [-0.4, -0.2) is 51.9 Å². The lowest BCUT2D eigenvalue weighted by Crippen LogP contribution is -2.59. The van der Waals surface area contributed by atoms with E-state index in [1.165, 1.54) is 12.1 Å².